The highest BCUT2D eigenvalue weighted by atomic mass is 35.5. The second kappa shape index (κ2) is 6.65. The van der Waals surface area contributed by atoms with Gasteiger partial charge < -0.3 is 15.2 Å². The third-order valence-electron chi connectivity index (χ3n) is 4.18. The van der Waals surface area contributed by atoms with E-state index in [4.69, 9.17) is 26.8 Å². The summed E-state index contributed by atoms with van der Waals surface area (Å²) in [4.78, 5) is 4.15. The van der Waals surface area contributed by atoms with Crippen molar-refractivity contribution in [2.75, 3.05) is 5.73 Å². The van der Waals surface area contributed by atoms with Gasteiger partial charge in [-0.2, -0.15) is 0 Å². The fraction of sp³-hybridized carbons (Fsp3) is 0.150. The van der Waals surface area contributed by atoms with E-state index in [1.165, 1.54) is 0 Å². The fourth-order valence-electron chi connectivity index (χ4n) is 2.94. The Morgan fingerprint density at radius 2 is 2.04 bits per heavy atom. The molecule has 0 spiro atoms. The smallest absolute Gasteiger partial charge is 0.219 e. The topological polar surface area (TPSA) is 57.4 Å². The van der Waals surface area contributed by atoms with Crippen molar-refractivity contribution in [3.05, 3.63) is 76.9 Å². The van der Waals surface area contributed by atoms with E-state index >= 15 is 0 Å². The molecule has 1 atom stereocenters. The summed E-state index contributed by atoms with van der Waals surface area (Å²) in [6.07, 6.45) is 3.42. The maximum absolute atomic E-state index is 6.15. The van der Waals surface area contributed by atoms with Crippen molar-refractivity contribution < 1.29 is 9.47 Å². The molecule has 5 heteroatoms. The van der Waals surface area contributed by atoms with Crippen molar-refractivity contribution in [2.45, 2.75) is 18.9 Å². The Kier molecular flexibility index (Phi) is 4.20. The van der Waals surface area contributed by atoms with Crippen molar-refractivity contribution >= 4 is 17.3 Å². The van der Waals surface area contributed by atoms with Gasteiger partial charge in [0.25, 0.3) is 0 Å². The van der Waals surface area contributed by atoms with E-state index in [9.17, 15) is 0 Å². The van der Waals surface area contributed by atoms with Crippen molar-refractivity contribution in [3.8, 4) is 17.4 Å². The van der Waals surface area contributed by atoms with Crippen LogP contribution in [0.4, 0.5) is 5.69 Å². The molecule has 4 rings (SSSR count). The molecule has 3 aromatic rings. The average molecular weight is 353 g/mol. The van der Waals surface area contributed by atoms with Gasteiger partial charge in [-0.05, 0) is 60.4 Å². The van der Waals surface area contributed by atoms with Crippen LogP contribution >= 0.6 is 11.6 Å². The van der Waals surface area contributed by atoms with Gasteiger partial charge in [-0.15, -0.1) is 0 Å². The zero-order valence-corrected chi connectivity index (χ0v) is 14.2. The highest BCUT2D eigenvalue weighted by molar-refractivity contribution is 6.30. The molecule has 2 aromatic carbocycles. The van der Waals surface area contributed by atoms with Crippen molar-refractivity contribution in [3.63, 3.8) is 0 Å². The second-order valence-electron chi connectivity index (χ2n) is 6.00. The zero-order valence-electron chi connectivity index (χ0n) is 13.5. The molecule has 0 bridgehead atoms. The van der Waals surface area contributed by atoms with Crippen molar-refractivity contribution in [1.29, 1.82) is 0 Å². The maximum Gasteiger partial charge on any atom is 0.219 e. The molecule has 2 N–H and O–H groups in total. The quantitative estimate of drug-likeness (QED) is 0.706. The molecule has 1 aromatic heterocycles. The van der Waals surface area contributed by atoms with Crippen LogP contribution in [0, 0.1) is 0 Å². The van der Waals surface area contributed by atoms with Gasteiger partial charge in [0, 0.05) is 11.1 Å². The normalized spacial score (nSPS) is 16.0. The van der Waals surface area contributed by atoms with E-state index in [0.29, 0.717) is 11.6 Å². The van der Waals surface area contributed by atoms with Gasteiger partial charge in [0.2, 0.25) is 5.88 Å². The summed E-state index contributed by atoms with van der Waals surface area (Å²) in [7, 11) is 0. The molecular formula is C20H17ClN2O2. The first-order valence-corrected chi connectivity index (χ1v) is 8.49. The molecule has 0 saturated heterocycles. The standard InChI is InChI=1S/C20H17ClN2O2/c21-15-3-1-2-13(10-15)18-7-4-14-11-17(6-8-19(14)25-18)24-20-9-5-16(22)12-23-20/h1-3,5-6,8-12,18H,4,7,22H2. The number of aromatic nitrogens is 1. The number of hydrogen-bond donors (Lipinski definition) is 1. The summed E-state index contributed by atoms with van der Waals surface area (Å²) in [5, 5.41) is 0.728. The van der Waals surface area contributed by atoms with E-state index < -0.39 is 0 Å². The summed E-state index contributed by atoms with van der Waals surface area (Å²) < 4.78 is 11.9. The first kappa shape index (κ1) is 15.8. The lowest BCUT2D eigenvalue weighted by molar-refractivity contribution is 0.176. The predicted octanol–water partition coefficient (Wildman–Crippen LogP) is 5.18. The number of anilines is 1. The van der Waals surface area contributed by atoms with Crippen LogP contribution in [0.3, 0.4) is 0 Å². The van der Waals surface area contributed by atoms with E-state index in [2.05, 4.69) is 4.98 Å². The molecule has 1 unspecified atom stereocenters. The lowest BCUT2D eigenvalue weighted by Crippen LogP contribution is -2.15. The van der Waals surface area contributed by atoms with Gasteiger partial charge in [0.1, 0.15) is 17.6 Å². The van der Waals surface area contributed by atoms with Gasteiger partial charge >= 0.3 is 0 Å². The summed E-state index contributed by atoms with van der Waals surface area (Å²) >= 11 is 6.09. The van der Waals surface area contributed by atoms with Crippen LogP contribution in [-0.2, 0) is 6.42 Å². The first-order valence-electron chi connectivity index (χ1n) is 8.12. The Morgan fingerprint density at radius 3 is 2.84 bits per heavy atom. The molecule has 1 aliphatic rings. The van der Waals surface area contributed by atoms with Crippen LogP contribution in [0.1, 0.15) is 23.7 Å². The number of nitrogen functional groups attached to an aromatic ring is 1. The van der Waals surface area contributed by atoms with Gasteiger partial charge in [-0.25, -0.2) is 4.98 Å². The number of halogens is 1. The predicted molar refractivity (Wildman–Crippen MR) is 98.3 cm³/mol. The molecule has 0 aliphatic carbocycles. The number of rotatable bonds is 3. The summed E-state index contributed by atoms with van der Waals surface area (Å²) in [6.45, 7) is 0. The van der Waals surface area contributed by atoms with Crippen molar-refractivity contribution in [1.82, 2.24) is 4.98 Å². The van der Waals surface area contributed by atoms with Crippen LogP contribution in [0.5, 0.6) is 17.4 Å². The molecule has 1 aliphatic heterocycles. The Bertz CT molecular complexity index is 896. The lowest BCUT2D eigenvalue weighted by atomic mass is 9.97. The number of fused-ring (bicyclic) bond motifs is 1. The Balaban J connectivity index is 1.52. The fourth-order valence-corrected chi connectivity index (χ4v) is 3.14. The van der Waals surface area contributed by atoms with Crippen LogP contribution in [-0.4, -0.2) is 4.98 Å². The molecule has 25 heavy (non-hydrogen) atoms. The molecule has 0 saturated carbocycles. The van der Waals surface area contributed by atoms with Crippen molar-refractivity contribution in [2.24, 2.45) is 0 Å². The van der Waals surface area contributed by atoms with Gasteiger partial charge in [0.05, 0.1) is 11.9 Å². The largest absolute Gasteiger partial charge is 0.485 e. The number of nitrogens with two attached hydrogens (primary N) is 1. The molecule has 4 nitrogen and oxygen atoms in total. The van der Waals surface area contributed by atoms with Crippen LogP contribution in [0.2, 0.25) is 5.02 Å². The summed E-state index contributed by atoms with van der Waals surface area (Å²) in [5.41, 5.74) is 8.48. The molecule has 0 amide bonds. The van der Waals surface area contributed by atoms with Crippen LogP contribution in [0.15, 0.2) is 60.8 Å². The highest BCUT2D eigenvalue weighted by Gasteiger charge is 2.22. The molecule has 2 heterocycles. The number of pyridine rings is 1. The van der Waals surface area contributed by atoms with E-state index in [1.807, 2.05) is 42.5 Å². The average Bonchev–Trinajstić information content (AvgIpc) is 2.63. The number of benzene rings is 2. The number of hydrogen-bond acceptors (Lipinski definition) is 4. The number of nitrogens with zero attached hydrogens (tertiary/aromatic N) is 1. The molecular weight excluding hydrogens is 336 g/mol. The van der Waals surface area contributed by atoms with Gasteiger partial charge in [0.15, 0.2) is 0 Å². The monoisotopic (exact) mass is 352 g/mol. The second-order valence-corrected chi connectivity index (χ2v) is 6.44. The first-order chi connectivity index (χ1) is 12.2. The SMILES string of the molecule is Nc1ccc(Oc2ccc3c(c2)CCC(c2cccc(Cl)c2)O3)nc1. The molecule has 126 valence electrons. The Labute approximate surface area is 151 Å². The summed E-state index contributed by atoms with van der Waals surface area (Å²) in [6, 6.07) is 17.2. The molecule has 0 radical (unpaired) electrons. The Hall–Kier alpha value is -2.72. The molecule has 0 fully saturated rings. The minimum Gasteiger partial charge on any atom is -0.485 e. The van der Waals surface area contributed by atoms with Gasteiger partial charge in [-0.3, -0.25) is 0 Å². The Morgan fingerprint density at radius 1 is 1.12 bits per heavy atom. The number of ether oxygens (including phenoxy) is 2. The minimum absolute atomic E-state index is 0.0248. The van der Waals surface area contributed by atoms with E-state index in [-0.39, 0.29) is 6.10 Å². The zero-order chi connectivity index (χ0) is 17.2. The maximum atomic E-state index is 6.15. The third kappa shape index (κ3) is 3.54. The number of aryl methyl sites for hydroxylation is 1. The third-order valence-corrected chi connectivity index (χ3v) is 4.41. The van der Waals surface area contributed by atoms with Crippen LogP contribution in [0.25, 0.3) is 0 Å². The van der Waals surface area contributed by atoms with E-state index in [0.717, 1.165) is 40.5 Å². The van der Waals surface area contributed by atoms with Crippen LogP contribution < -0.4 is 15.2 Å². The highest BCUT2D eigenvalue weighted by Crippen LogP contribution is 2.37. The van der Waals surface area contributed by atoms with E-state index in [1.54, 1.807) is 18.3 Å². The minimum atomic E-state index is 0.0248. The van der Waals surface area contributed by atoms with Gasteiger partial charge in [-0.1, -0.05) is 23.7 Å². The summed E-state index contributed by atoms with van der Waals surface area (Å²) in [5.74, 6) is 2.14. The lowest BCUT2D eigenvalue weighted by Gasteiger charge is -2.27.